The van der Waals surface area contributed by atoms with Gasteiger partial charge in [0.05, 0.1) is 6.04 Å². The van der Waals surface area contributed by atoms with Crippen molar-refractivity contribution in [3.8, 4) is 5.75 Å². The standard InChI is InChI=1S/C22H24N4O3/c1-2-21-25-20(26-29-21)13-28-17-9-6-14(7-10-17)22(27)24-19-5-3-4-15-12-16(23)8-11-18(15)19/h6-12,19H,2-5,13,23H2,1H3,(H,24,27). The Kier molecular flexibility index (Phi) is 5.46. The van der Waals surface area contributed by atoms with Crippen LogP contribution in [0, 0.1) is 0 Å². The minimum absolute atomic E-state index is 0.00813. The molecule has 7 nitrogen and oxygen atoms in total. The Morgan fingerprint density at radius 2 is 2.10 bits per heavy atom. The number of nitrogens with one attached hydrogen (secondary N) is 1. The van der Waals surface area contributed by atoms with E-state index in [9.17, 15) is 4.79 Å². The predicted octanol–water partition coefficient (Wildman–Crippen LogP) is 3.60. The fourth-order valence-electron chi connectivity index (χ4n) is 3.57. The molecule has 0 saturated heterocycles. The SMILES string of the molecule is CCc1nc(COc2ccc(C(=O)NC3CCCc4cc(N)ccc43)cc2)no1. The highest BCUT2D eigenvalue weighted by atomic mass is 16.5. The Bertz CT molecular complexity index is 998. The monoisotopic (exact) mass is 392 g/mol. The van der Waals surface area contributed by atoms with Crippen molar-refractivity contribution in [3.63, 3.8) is 0 Å². The van der Waals surface area contributed by atoms with E-state index in [1.165, 1.54) is 5.56 Å². The van der Waals surface area contributed by atoms with Crippen LogP contribution in [0.1, 0.15) is 59.0 Å². The van der Waals surface area contributed by atoms with Crippen molar-refractivity contribution in [1.29, 1.82) is 0 Å². The number of aromatic nitrogens is 2. The summed E-state index contributed by atoms with van der Waals surface area (Å²) in [7, 11) is 0. The van der Waals surface area contributed by atoms with E-state index in [0.717, 1.165) is 30.5 Å². The van der Waals surface area contributed by atoms with Crippen LogP contribution in [0.3, 0.4) is 0 Å². The molecule has 1 aromatic heterocycles. The zero-order valence-corrected chi connectivity index (χ0v) is 16.4. The molecule has 150 valence electrons. The quantitative estimate of drug-likeness (QED) is 0.621. The second kappa shape index (κ2) is 8.34. The molecule has 29 heavy (non-hydrogen) atoms. The number of fused-ring (bicyclic) bond motifs is 1. The van der Waals surface area contributed by atoms with Crippen LogP contribution in [0.15, 0.2) is 47.0 Å². The zero-order valence-electron chi connectivity index (χ0n) is 16.4. The van der Waals surface area contributed by atoms with Crippen molar-refractivity contribution >= 4 is 11.6 Å². The minimum Gasteiger partial charge on any atom is -0.485 e. The fraction of sp³-hybridized carbons (Fsp3) is 0.318. The van der Waals surface area contributed by atoms with Gasteiger partial charge in [0.25, 0.3) is 5.91 Å². The molecule has 0 aliphatic heterocycles. The third kappa shape index (κ3) is 4.39. The van der Waals surface area contributed by atoms with E-state index < -0.39 is 0 Å². The molecule has 4 rings (SSSR count). The van der Waals surface area contributed by atoms with Gasteiger partial charge in [-0.25, -0.2) is 0 Å². The van der Waals surface area contributed by atoms with Gasteiger partial charge in [0.15, 0.2) is 6.61 Å². The predicted molar refractivity (Wildman–Crippen MR) is 108 cm³/mol. The summed E-state index contributed by atoms with van der Waals surface area (Å²) in [5, 5.41) is 7.00. The van der Waals surface area contributed by atoms with E-state index in [0.29, 0.717) is 29.4 Å². The molecule has 0 bridgehead atoms. The normalized spacial score (nSPS) is 15.6. The van der Waals surface area contributed by atoms with Crippen molar-refractivity contribution in [2.45, 2.75) is 45.3 Å². The molecule has 2 aromatic carbocycles. The smallest absolute Gasteiger partial charge is 0.251 e. The summed E-state index contributed by atoms with van der Waals surface area (Å²) in [5.74, 6) is 1.63. The van der Waals surface area contributed by atoms with Crippen LogP contribution in [-0.2, 0) is 19.4 Å². The first kappa shape index (κ1) is 19.0. The summed E-state index contributed by atoms with van der Waals surface area (Å²) < 4.78 is 10.7. The highest BCUT2D eigenvalue weighted by Crippen LogP contribution is 2.31. The number of nitrogen functional groups attached to an aromatic ring is 1. The number of rotatable bonds is 6. The Labute approximate surface area is 169 Å². The molecule has 3 N–H and O–H groups in total. The van der Waals surface area contributed by atoms with Crippen LogP contribution >= 0.6 is 0 Å². The molecule has 1 unspecified atom stereocenters. The number of benzene rings is 2. The van der Waals surface area contributed by atoms with Crippen LogP contribution in [0.25, 0.3) is 0 Å². The van der Waals surface area contributed by atoms with Gasteiger partial charge in [0.2, 0.25) is 11.7 Å². The summed E-state index contributed by atoms with van der Waals surface area (Å²) >= 11 is 0. The van der Waals surface area contributed by atoms with Crippen LogP contribution in [-0.4, -0.2) is 16.0 Å². The van der Waals surface area contributed by atoms with Crippen molar-refractivity contribution < 1.29 is 14.1 Å². The number of nitrogens with zero attached hydrogens (tertiary/aromatic N) is 2. The van der Waals surface area contributed by atoms with Crippen molar-refractivity contribution in [2.24, 2.45) is 0 Å². The molecule has 1 aliphatic rings. The topological polar surface area (TPSA) is 103 Å². The molecular formula is C22H24N4O3. The maximum absolute atomic E-state index is 12.7. The first-order valence-corrected chi connectivity index (χ1v) is 9.86. The number of carbonyl (C=O) groups is 1. The van der Waals surface area contributed by atoms with Crippen molar-refractivity contribution in [2.75, 3.05) is 5.73 Å². The number of hydrogen-bond donors (Lipinski definition) is 2. The van der Waals surface area contributed by atoms with Gasteiger partial charge in [-0.2, -0.15) is 4.98 Å². The highest BCUT2D eigenvalue weighted by molar-refractivity contribution is 5.94. The minimum atomic E-state index is -0.100. The Balaban J connectivity index is 1.37. The van der Waals surface area contributed by atoms with Crippen molar-refractivity contribution in [1.82, 2.24) is 15.5 Å². The number of carbonyl (C=O) groups excluding carboxylic acids is 1. The van der Waals surface area contributed by atoms with Gasteiger partial charge in [-0.15, -0.1) is 0 Å². The molecular weight excluding hydrogens is 368 g/mol. The molecule has 1 heterocycles. The van der Waals surface area contributed by atoms with Gasteiger partial charge < -0.3 is 20.3 Å². The lowest BCUT2D eigenvalue weighted by molar-refractivity contribution is 0.0932. The number of anilines is 1. The van der Waals surface area contributed by atoms with Gasteiger partial charge in [-0.1, -0.05) is 18.1 Å². The van der Waals surface area contributed by atoms with E-state index in [1.54, 1.807) is 24.3 Å². The van der Waals surface area contributed by atoms with Crippen LogP contribution in [0.2, 0.25) is 0 Å². The molecule has 0 fully saturated rings. The number of hydrogen-bond acceptors (Lipinski definition) is 6. The number of nitrogens with two attached hydrogens (primary N) is 1. The molecule has 0 spiro atoms. The van der Waals surface area contributed by atoms with E-state index in [2.05, 4.69) is 15.5 Å². The highest BCUT2D eigenvalue weighted by Gasteiger charge is 2.22. The first-order chi connectivity index (χ1) is 14.1. The second-order valence-corrected chi connectivity index (χ2v) is 7.15. The maximum atomic E-state index is 12.7. The van der Waals surface area contributed by atoms with E-state index >= 15 is 0 Å². The first-order valence-electron chi connectivity index (χ1n) is 9.86. The van der Waals surface area contributed by atoms with Crippen LogP contribution in [0.5, 0.6) is 5.75 Å². The largest absolute Gasteiger partial charge is 0.485 e. The Morgan fingerprint density at radius 1 is 1.28 bits per heavy atom. The lowest BCUT2D eigenvalue weighted by atomic mass is 9.87. The van der Waals surface area contributed by atoms with Gasteiger partial charge >= 0.3 is 0 Å². The van der Waals surface area contributed by atoms with Crippen molar-refractivity contribution in [3.05, 3.63) is 70.9 Å². The van der Waals surface area contributed by atoms with E-state index in [-0.39, 0.29) is 18.6 Å². The molecule has 0 saturated carbocycles. The molecule has 1 amide bonds. The molecule has 1 atom stereocenters. The lowest BCUT2D eigenvalue weighted by Gasteiger charge is -2.26. The molecule has 1 aliphatic carbocycles. The third-order valence-electron chi connectivity index (χ3n) is 5.08. The summed E-state index contributed by atoms with van der Waals surface area (Å²) in [6.45, 7) is 2.17. The Hall–Kier alpha value is -3.35. The molecule has 7 heteroatoms. The van der Waals surface area contributed by atoms with Gasteiger partial charge in [-0.05, 0) is 66.8 Å². The summed E-state index contributed by atoms with van der Waals surface area (Å²) in [6, 6.07) is 13.0. The second-order valence-electron chi connectivity index (χ2n) is 7.15. The van der Waals surface area contributed by atoms with Crippen LogP contribution < -0.4 is 15.8 Å². The fourth-order valence-corrected chi connectivity index (χ4v) is 3.57. The molecule has 0 radical (unpaired) electrons. The maximum Gasteiger partial charge on any atom is 0.251 e. The van der Waals surface area contributed by atoms with Gasteiger partial charge in [-0.3, -0.25) is 4.79 Å². The average molecular weight is 392 g/mol. The van der Waals surface area contributed by atoms with E-state index in [1.807, 2.05) is 25.1 Å². The summed E-state index contributed by atoms with van der Waals surface area (Å²) in [4.78, 5) is 16.9. The number of amides is 1. The summed E-state index contributed by atoms with van der Waals surface area (Å²) in [5.41, 5.74) is 9.62. The Morgan fingerprint density at radius 3 is 2.86 bits per heavy atom. The lowest BCUT2D eigenvalue weighted by Crippen LogP contribution is -2.31. The number of aryl methyl sites for hydroxylation is 2. The third-order valence-corrected chi connectivity index (χ3v) is 5.08. The number of ether oxygens (including phenoxy) is 1. The summed E-state index contributed by atoms with van der Waals surface area (Å²) in [6.07, 6.45) is 3.65. The zero-order chi connectivity index (χ0) is 20.2. The van der Waals surface area contributed by atoms with E-state index in [4.69, 9.17) is 15.0 Å². The van der Waals surface area contributed by atoms with Gasteiger partial charge in [0, 0.05) is 17.7 Å². The average Bonchev–Trinajstić information content (AvgIpc) is 3.21. The van der Waals surface area contributed by atoms with Crippen LogP contribution in [0.4, 0.5) is 5.69 Å². The van der Waals surface area contributed by atoms with Gasteiger partial charge in [0.1, 0.15) is 5.75 Å². The molecule has 3 aromatic rings.